The van der Waals surface area contributed by atoms with Crippen molar-refractivity contribution < 1.29 is 14.0 Å². The van der Waals surface area contributed by atoms with Crippen molar-refractivity contribution >= 4 is 39.4 Å². The van der Waals surface area contributed by atoms with Crippen molar-refractivity contribution in [1.29, 1.82) is 0 Å². The molecule has 0 bridgehead atoms. The number of piperazine rings is 1. The summed E-state index contributed by atoms with van der Waals surface area (Å²) in [6.07, 6.45) is 1.47. The normalized spacial score (nSPS) is 14.0. The summed E-state index contributed by atoms with van der Waals surface area (Å²) in [4.78, 5) is 52.3. The number of para-hydroxylation sites is 2. The van der Waals surface area contributed by atoms with Crippen molar-refractivity contribution in [2.45, 2.75) is 0 Å². The number of hydrogen-bond donors (Lipinski definition) is 3. The van der Waals surface area contributed by atoms with E-state index in [9.17, 15) is 14.4 Å². The van der Waals surface area contributed by atoms with Crippen LogP contribution in [0.5, 0.6) is 0 Å². The Morgan fingerprint density at radius 1 is 0.889 bits per heavy atom. The third-order valence-corrected chi connectivity index (χ3v) is 6.51. The number of aromatic amines is 2. The van der Waals surface area contributed by atoms with E-state index in [0.29, 0.717) is 70.8 Å². The van der Waals surface area contributed by atoms with Crippen LogP contribution in [0.4, 0.5) is 5.69 Å². The average molecular weight is 483 g/mol. The molecule has 1 aliphatic heterocycles. The van der Waals surface area contributed by atoms with Crippen LogP contribution in [-0.2, 0) is 0 Å². The molecule has 10 nitrogen and oxygen atoms in total. The molecule has 5 aromatic rings. The lowest BCUT2D eigenvalue weighted by molar-refractivity contribution is 0.0518. The number of benzene rings is 2. The Hall–Kier alpha value is -4.86. The molecular formula is C26H22N6O4. The molecule has 0 radical (unpaired) electrons. The second-order valence-electron chi connectivity index (χ2n) is 8.67. The lowest BCUT2D eigenvalue weighted by Crippen LogP contribution is -2.50. The molecule has 0 saturated carbocycles. The van der Waals surface area contributed by atoms with Gasteiger partial charge in [0.15, 0.2) is 11.5 Å². The molecule has 0 spiro atoms. The second kappa shape index (κ2) is 8.42. The highest BCUT2D eigenvalue weighted by molar-refractivity contribution is 6.05. The van der Waals surface area contributed by atoms with Gasteiger partial charge in [-0.15, -0.1) is 0 Å². The van der Waals surface area contributed by atoms with Gasteiger partial charge in [-0.3, -0.25) is 14.4 Å². The van der Waals surface area contributed by atoms with Gasteiger partial charge in [0.1, 0.15) is 0 Å². The molecule has 0 atom stereocenters. The number of fused-ring (bicyclic) bond motifs is 2. The topological polar surface area (TPSA) is 141 Å². The molecule has 1 aliphatic rings. The van der Waals surface area contributed by atoms with Gasteiger partial charge in [0, 0.05) is 42.6 Å². The van der Waals surface area contributed by atoms with Crippen molar-refractivity contribution in [3.63, 3.8) is 0 Å². The number of nitrogens with one attached hydrogen (secondary N) is 2. The van der Waals surface area contributed by atoms with Crippen LogP contribution in [0.15, 0.2) is 70.1 Å². The number of nitrogens with two attached hydrogens (primary N) is 1. The molecule has 4 N–H and O–H groups in total. The van der Waals surface area contributed by atoms with Crippen LogP contribution in [0.25, 0.3) is 33.3 Å². The van der Waals surface area contributed by atoms with Gasteiger partial charge in [0.05, 0.1) is 28.7 Å². The van der Waals surface area contributed by atoms with Gasteiger partial charge in [-0.05, 0) is 42.5 Å². The molecule has 10 heteroatoms. The van der Waals surface area contributed by atoms with E-state index in [0.717, 1.165) is 0 Å². The quantitative estimate of drug-likeness (QED) is 0.361. The zero-order valence-corrected chi connectivity index (χ0v) is 19.2. The van der Waals surface area contributed by atoms with Crippen LogP contribution < -0.4 is 11.3 Å². The fraction of sp³-hybridized carbons (Fsp3) is 0.154. The molecule has 2 amide bonds. The molecular weight excluding hydrogens is 460 g/mol. The maximum atomic E-state index is 13.2. The minimum absolute atomic E-state index is 0.147. The van der Waals surface area contributed by atoms with Crippen molar-refractivity contribution in [2.24, 2.45) is 0 Å². The van der Waals surface area contributed by atoms with Crippen molar-refractivity contribution in [3.05, 3.63) is 82.5 Å². The van der Waals surface area contributed by atoms with E-state index in [4.69, 9.17) is 10.2 Å². The Balaban J connectivity index is 1.25. The van der Waals surface area contributed by atoms with Gasteiger partial charge in [-0.2, -0.15) is 0 Å². The number of aromatic nitrogens is 3. The van der Waals surface area contributed by atoms with Crippen LogP contribution in [0, 0.1) is 0 Å². The number of furan rings is 1. The molecule has 0 unspecified atom stereocenters. The summed E-state index contributed by atoms with van der Waals surface area (Å²) >= 11 is 0. The molecule has 1 saturated heterocycles. The SMILES string of the molecule is Nc1c(-c2nc3ccccc3[nH]c2=O)[nH]c2ccc(C(=O)N3CCN(C(=O)c4ccco4)CC3)cc12. The van der Waals surface area contributed by atoms with E-state index >= 15 is 0 Å². The van der Waals surface area contributed by atoms with Gasteiger partial charge in [0.2, 0.25) is 0 Å². The first-order valence-corrected chi connectivity index (χ1v) is 11.5. The number of amides is 2. The monoisotopic (exact) mass is 482 g/mol. The highest BCUT2D eigenvalue weighted by atomic mass is 16.3. The highest BCUT2D eigenvalue weighted by Crippen LogP contribution is 2.31. The predicted molar refractivity (Wildman–Crippen MR) is 135 cm³/mol. The van der Waals surface area contributed by atoms with Crippen molar-refractivity contribution in [1.82, 2.24) is 24.8 Å². The lowest BCUT2D eigenvalue weighted by Gasteiger charge is -2.34. The summed E-state index contributed by atoms with van der Waals surface area (Å²) in [5.74, 6) is -0.0389. The lowest BCUT2D eigenvalue weighted by atomic mass is 10.1. The predicted octanol–water partition coefficient (Wildman–Crippen LogP) is 2.84. The highest BCUT2D eigenvalue weighted by Gasteiger charge is 2.27. The van der Waals surface area contributed by atoms with Gasteiger partial charge in [-0.25, -0.2) is 4.98 Å². The Labute approximate surface area is 204 Å². The van der Waals surface area contributed by atoms with E-state index in [1.54, 1.807) is 46.2 Å². The number of carbonyl (C=O) groups excluding carboxylic acids is 2. The third kappa shape index (κ3) is 3.59. The minimum atomic E-state index is -0.356. The van der Waals surface area contributed by atoms with Crippen molar-refractivity contribution in [2.75, 3.05) is 31.9 Å². The minimum Gasteiger partial charge on any atom is -0.459 e. The molecule has 4 heterocycles. The average Bonchev–Trinajstić information content (AvgIpc) is 3.56. The number of rotatable bonds is 3. The molecule has 3 aromatic heterocycles. The largest absolute Gasteiger partial charge is 0.459 e. The summed E-state index contributed by atoms with van der Waals surface area (Å²) in [6.45, 7) is 1.65. The van der Waals surface area contributed by atoms with E-state index in [1.807, 2.05) is 18.2 Å². The molecule has 0 aliphatic carbocycles. The fourth-order valence-electron chi connectivity index (χ4n) is 4.58. The molecule has 36 heavy (non-hydrogen) atoms. The number of nitrogens with zero attached hydrogens (tertiary/aromatic N) is 3. The van der Waals surface area contributed by atoms with Crippen LogP contribution in [-0.4, -0.2) is 62.7 Å². The second-order valence-corrected chi connectivity index (χ2v) is 8.67. The molecule has 1 fully saturated rings. The molecule has 6 rings (SSSR count). The Bertz CT molecular complexity index is 1680. The Morgan fingerprint density at radius 3 is 2.39 bits per heavy atom. The number of hydrogen-bond acceptors (Lipinski definition) is 6. The number of carbonyl (C=O) groups is 2. The maximum absolute atomic E-state index is 13.2. The van der Waals surface area contributed by atoms with E-state index in [-0.39, 0.29) is 23.1 Å². The summed E-state index contributed by atoms with van der Waals surface area (Å²) in [5.41, 5.74) is 9.47. The van der Waals surface area contributed by atoms with Gasteiger partial charge < -0.3 is 29.9 Å². The first kappa shape index (κ1) is 21.7. The Kier molecular flexibility index (Phi) is 5.06. The van der Waals surface area contributed by atoms with Gasteiger partial charge in [0.25, 0.3) is 17.4 Å². The first-order chi connectivity index (χ1) is 17.5. The first-order valence-electron chi connectivity index (χ1n) is 11.5. The smallest absolute Gasteiger partial charge is 0.289 e. The fourth-order valence-corrected chi connectivity index (χ4v) is 4.58. The Morgan fingerprint density at radius 2 is 1.64 bits per heavy atom. The van der Waals surface area contributed by atoms with Crippen molar-refractivity contribution in [3.8, 4) is 11.4 Å². The number of nitrogen functional groups attached to an aromatic ring is 1. The number of anilines is 1. The summed E-state index contributed by atoms with van der Waals surface area (Å²) in [6, 6.07) is 15.8. The summed E-state index contributed by atoms with van der Waals surface area (Å²) in [5, 5.41) is 0.636. The van der Waals surface area contributed by atoms with Crippen LogP contribution in [0.2, 0.25) is 0 Å². The van der Waals surface area contributed by atoms with Gasteiger partial charge in [-0.1, -0.05) is 12.1 Å². The standard InChI is InChI=1S/C26H22N6O4/c27-21-16-14-15(25(34)31-9-11-32(12-10-31)26(35)20-6-3-13-36-20)7-8-17(16)28-22(21)23-24(33)30-19-5-2-1-4-18(19)29-23/h1-8,13-14,28H,9-12,27H2,(H,30,33). The van der Waals surface area contributed by atoms with Crippen LogP contribution in [0.3, 0.4) is 0 Å². The zero-order valence-electron chi connectivity index (χ0n) is 19.2. The third-order valence-electron chi connectivity index (χ3n) is 6.51. The van der Waals surface area contributed by atoms with Crippen LogP contribution >= 0.6 is 0 Å². The molecule has 2 aromatic carbocycles. The summed E-state index contributed by atoms with van der Waals surface area (Å²) < 4.78 is 5.19. The van der Waals surface area contributed by atoms with E-state index in [1.165, 1.54) is 6.26 Å². The van der Waals surface area contributed by atoms with E-state index < -0.39 is 0 Å². The van der Waals surface area contributed by atoms with E-state index in [2.05, 4.69) is 15.0 Å². The zero-order chi connectivity index (χ0) is 24.8. The molecule has 180 valence electrons. The van der Waals surface area contributed by atoms with Gasteiger partial charge >= 0.3 is 0 Å². The number of H-pyrrole nitrogens is 2. The summed E-state index contributed by atoms with van der Waals surface area (Å²) in [7, 11) is 0. The van der Waals surface area contributed by atoms with Crippen LogP contribution in [0.1, 0.15) is 20.9 Å². The maximum Gasteiger partial charge on any atom is 0.289 e.